The van der Waals surface area contributed by atoms with Gasteiger partial charge >= 0.3 is 0 Å². The van der Waals surface area contributed by atoms with Crippen molar-refractivity contribution in [2.75, 3.05) is 37.7 Å². The molecule has 4 fully saturated rings. The third-order valence-electron chi connectivity index (χ3n) is 10.2. The Morgan fingerprint density at radius 3 is 3.12 bits per heavy atom. The lowest BCUT2D eigenvalue weighted by atomic mass is 9.94. The summed E-state index contributed by atoms with van der Waals surface area (Å²) in [4.78, 5) is 19.5. The van der Waals surface area contributed by atoms with Crippen LogP contribution in [0.4, 0.5) is 10.2 Å². The molecule has 2 N–H and O–H groups in total. The van der Waals surface area contributed by atoms with Crippen LogP contribution in [-0.2, 0) is 0 Å². The Morgan fingerprint density at radius 2 is 2.17 bits per heavy atom. The largest absolute Gasteiger partial charge is 0.487 e. The number of nitrogens with one attached hydrogen (secondary N) is 2. The Morgan fingerprint density at radius 1 is 1.22 bits per heavy atom. The number of nitrogens with zero attached hydrogens (tertiary/aromatic N) is 6. The maximum Gasteiger partial charge on any atom is 0.227 e. The second-order valence-electron chi connectivity index (χ2n) is 12.5. The van der Waals surface area contributed by atoms with E-state index in [4.69, 9.17) is 24.4 Å². The zero-order valence-corrected chi connectivity index (χ0v) is 23.1. The van der Waals surface area contributed by atoms with Crippen LogP contribution >= 0.6 is 0 Å². The Bertz CT molecular complexity index is 1690. The third kappa shape index (κ3) is 3.48. The van der Waals surface area contributed by atoms with Crippen molar-refractivity contribution in [1.82, 2.24) is 35.4 Å². The Balaban J connectivity index is 1.25. The minimum atomic E-state index is -0.825. The molecule has 3 unspecified atom stereocenters. The molecule has 10 nitrogen and oxygen atoms in total. The molecular formula is C30H33FN8O2. The van der Waals surface area contributed by atoms with E-state index in [0.29, 0.717) is 61.1 Å². The first-order valence-electron chi connectivity index (χ1n) is 14.9. The fourth-order valence-electron chi connectivity index (χ4n) is 8.29. The van der Waals surface area contributed by atoms with E-state index in [0.717, 1.165) is 72.0 Å². The number of rotatable bonds is 4. The van der Waals surface area contributed by atoms with Gasteiger partial charge in [0.05, 0.1) is 23.3 Å². The Hall–Kier alpha value is -3.57. The topological polar surface area (TPSA) is 104 Å². The molecule has 5 aliphatic heterocycles. The van der Waals surface area contributed by atoms with Gasteiger partial charge in [0.15, 0.2) is 5.75 Å². The van der Waals surface area contributed by atoms with Crippen LogP contribution < -0.4 is 19.7 Å². The minimum Gasteiger partial charge on any atom is -0.487 e. The first-order chi connectivity index (χ1) is 20.1. The van der Waals surface area contributed by atoms with Crippen molar-refractivity contribution >= 4 is 27.6 Å². The average Bonchev–Trinajstić information content (AvgIpc) is 3.73. The van der Waals surface area contributed by atoms with Crippen molar-refractivity contribution in [2.45, 2.75) is 68.9 Å². The number of hydrogen-bond acceptors (Lipinski definition) is 9. The molecule has 2 bridgehead atoms. The molecule has 0 amide bonds. The van der Waals surface area contributed by atoms with Crippen LogP contribution in [0.25, 0.3) is 33.1 Å². The number of aromatic nitrogens is 5. The summed E-state index contributed by atoms with van der Waals surface area (Å²) in [6.45, 7) is 5.25. The van der Waals surface area contributed by atoms with Crippen LogP contribution in [0.3, 0.4) is 0 Å². The highest BCUT2D eigenvalue weighted by molar-refractivity contribution is 6.04. The van der Waals surface area contributed by atoms with Crippen molar-refractivity contribution in [3.05, 3.63) is 30.2 Å². The number of benzene rings is 1. The summed E-state index contributed by atoms with van der Waals surface area (Å²) in [5, 5.41) is 12.9. The van der Waals surface area contributed by atoms with Gasteiger partial charge in [-0.3, -0.25) is 10.00 Å². The van der Waals surface area contributed by atoms with Gasteiger partial charge in [-0.15, -0.1) is 0 Å². The van der Waals surface area contributed by atoms with E-state index >= 15 is 0 Å². The molecule has 5 aliphatic rings. The first kappa shape index (κ1) is 24.1. The van der Waals surface area contributed by atoms with E-state index in [1.165, 1.54) is 0 Å². The minimum absolute atomic E-state index is 0.166. The lowest BCUT2D eigenvalue weighted by Gasteiger charge is -2.40. The van der Waals surface area contributed by atoms with E-state index in [9.17, 15) is 4.39 Å². The lowest BCUT2D eigenvalue weighted by molar-refractivity contribution is 0.114. The first-order valence-corrected chi connectivity index (χ1v) is 14.9. The van der Waals surface area contributed by atoms with Crippen molar-refractivity contribution < 1.29 is 13.9 Å². The number of ether oxygens (including phenoxy) is 2. The number of piperazine rings is 1. The van der Waals surface area contributed by atoms with Crippen molar-refractivity contribution in [3.8, 4) is 22.9 Å². The van der Waals surface area contributed by atoms with Gasteiger partial charge in [-0.05, 0) is 50.8 Å². The number of hydrogen-bond donors (Lipinski definition) is 2. The van der Waals surface area contributed by atoms with E-state index < -0.39 is 6.17 Å². The molecule has 41 heavy (non-hydrogen) atoms. The number of anilines is 1. The maximum atomic E-state index is 14.7. The molecule has 4 saturated heterocycles. The molecular weight excluding hydrogens is 523 g/mol. The molecule has 212 valence electrons. The van der Waals surface area contributed by atoms with Crippen LogP contribution in [0, 0.1) is 6.92 Å². The fraction of sp³-hybridized carbons (Fsp3) is 0.533. The van der Waals surface area contributed by atoms with Crippen LogP contribution in [0.5, 0.6) is 11.6 Å². The average molecular weight is 557 g/mol. The van der Waals surface area contributed by atoms with Crippen molar-refractivity contribution in [2.24, 2.45) is 0 Å². The second-order valence-corrected chi connectivity index (χ2v) is 12.5. The zero-order chi connectivity index (χ0) is 27.3. The van der Waals surface area contributed by atoms with Crippen LogP contribution in [0.2, 0.25) is 0 Å². The highest BCUT2D eigenvalue weighted by atomic mass is 19.1. The summed E-state index contributed by atoms with van der Waals surface area (Å²) < 4.78 is 28.1. The number of fused-ring (bicyclic) bond motifs is 7. The van der Waals surface area contributed by atoms with Crippen LogP contribution in [0.1, 0.15) is 37.7 Å². The van der Waals surface area contributed by atoms with E-state index in [1.54, 1.807) is 6.33 Å². The normalized spacial score (nSPS) is 30.4. The fourth-order valence-corrected chi connectivity index (χ4v) is 8.29. The number of pyridine rings is 1. The molecule has 9 rings (SSSR count). The summed E-state index contributed by atoms with van der Waals surface area (Å²) >= 11 is 0. The van der Waals surface area contributed by atoms with Gasteiger partial charge in [0.1, 0.15) is 48.1 Å². The van der Waals surface area contributed by atoms with Gasteiger partial charge in [-0.25, -0.2) is 19.3 Å². The summed E-state index contributed by atoms with van der Waals surface area (Å²) in [6.07, 6.45) is 7.42. The molecule has 0 spiro atoms. The molecule has 3 aromatic heterocycles. The Kier molecular flexibility index (Phi) is 5.12. The van der Waals surface area contributed by atoms with Gasteiger partial charge in [-0.1, -0.05) is 6.07 Å². The van der Waals surface area contributed by atoms with Crippen molar-refractivity contribution in [3.63, 3.8) is 0 Å². The summed E-state index contributed by atoms with van der Waals surface area (Å²) in [6, 6.07) is 5.06. The smallest absolute Gasteiger partial charge is 0.227 e. The summed E-state index contributed by atoms with van der Waals surface area (Å²) in [5.74, 6) is 2.00. The number of H-pyrrole nitrogens is 1. The zero-order valence-electron chi connectivity index (χ0n) is 23.1. The van der Waals surface area contributed by atoms with Gasteiger partial charge < -0.3 is 19.7 Å². The summed E-state index contributed by atoms with van der Waals surface area (Å²) in [7, 11) is 0. The third-order valence-corrected chi connectivity index (χ3v) is 10.2. The monoisotopic (exact) mass is 556 g/mol. The number of aryl methyl sites for hydroxylation is 1. The molecule has 11 heteroatoms. The SMILES string of the molecule is Cc1ccc2[nH]ncc2c1-c1nc2c3c(ncnc3c1OC[C@@]13CCCN1C[C@H](F)C3)N1CC3CCC(N3)C1CO2. The summed E-state index contributed by atoms with van der Waals surface area (Å²) in [5.41, 5.74) is 3.97. The standard InChI is InChI=1S/C30H33FN8O2/c1-16-3-5-20-19(10-34-37-20)23(16)26-27(41-14-30-7-2-8-38(30)11-17(31)9-30)25-24-28(33-15-32-25)39-12-18-4-6-21(35-18)22(39)13-40-29(24)36-26/h3,5,10,15,17-18,21-22,35H,2,4,6-9,11-14H2,1H3,(H,34,37)/t17-,18?,21?,22?,30+/m1/s1. The van der Waals surface area contributed by atoms with E-state index in [2.05, 4.69) is 38.3 Å². The quantitative estimate of drug-likeness (QED) is 0.391. The number of alkyl halides is 1. The molecule has 5 atom stereocenters. The molecule has 0 saturated carbocycles. The predicted molar refractivity (Wildman–Crippen MR) is 152 cm³/mol. The second kappa shape index (κ2) is 8.72. The van der Waals surface area contributed by atoms with Gasteiger partial charge in [0.2, 0.25) is 5.88 Å². The highest BCUT2D eigenvalue weighted by Gasteiger charge is 2.50. The molecule has 0 aliphatic carbocycles. The number of halogens is 1. The van der Waals surface area contributed by atoms with Crippen LogP contribution in [-0.4, -0.2) is 92.7 Å². The predicted octanol–water partition coefficient (Wildman–Crippen LogP) is 3.53. The Labute approximate surface area is 236 Å². The number of aromatic amines is 1. The molecule has 4 aromatic rings. The van der Waals surface area contributed by atoms with Gasteiger partial charge in [-0.2, -0.15) is 5.10 Å². The van der Waals surface area contributed by atoms with Gasteiger partial charge in [0.25, 0.3) is 0 Å². The highest BCUT2D eigenvalue weighted by Crippen LogP contribution is 2.48. The maximum absolute atomic E-state index is 14.7. The van der Waals surface area contributed by atoms with Crippen LogP contribution in [0.15, 0.2) is 24.7 Å². The van der Waals surface area contributed by atoms with Gasteiger partial charge in [0, 0.05) is 42.5 Å². The van der Waals surface area contributed by atoms with E-state index in [-0.39, 0.29) is 11.6 Å². The van der Waals surface area contributed by atoms with Crippen molar-refractivity contribution in [1.29, 1.82) is 0 Å². The molecule has 8 heterocycles. The van der Waals surface area contributed by atoms with E-state index in [1.807, 2.05) is 12.3 Å². The molecule has 0 radical (unpaired) electrons. The lowest BCUT2D eigenvalue weighted by Crippen LogP contribution is -2.60. The molecule has 1 aromatic carbocycles.